The van der Waals surface area contributed by atoms with Crippen molar-refractivity contribution in [1.29, 1.82) is 0 Å². The zero-order valence-electron chi connectivity index (χ0n) is 25.7. The molecule has 10 heteroatoms. The molecule has 0 bridgehead atoms. The maximum Gasteiger partial charge on any atom is 0.219 e. The number of hydrogen-bond acceptors (Lipinski definition) is 7. The fourth-order valence-corrected chi connectivity index (χ4v) is 3.58. The highest BCUT2D eigenvalue weighted by Gasteiger charge is 2.19. The van der Waals surface area contributed by atoms with Crippen LogP contribution in [-0.2, 0) is 16.4 Å². The van der Waals surface area contributed by atoms with Crippen molar-refractivity contribution in [2.24, 2.45) is 0 Å². The molecule has 0 saturated heterocycles. The molecule has 2 heterocycles. The van der Waals surface area contributed by atoms with Gasteiger partial charge in [0.15, 0.2) is 23.9 Å². The third-order valence-electron chi connectivity index (χ3n) is 5.62. The van der Waals surface area contributed by atoms with Crippen molar-refractivity contribution in [3.63, 3.8) is 0 Å². The average Bonchev–Trinajstić information content (AvgIpc) is 3.03. The van der Waals surface area contributed by atoms with Crippen LogP contribution in [0.5, 0.6) is 23.1 Å². The van der Waals surface area contributed by atoms with E-state index in [-0.39, 0.29) is 5.92 Å². The number of para-hydroxylation sites is 1. The molecule has 0 radical (unpaired) electrons. The van der Waals surface area contributed by atoms with Crippen LogP contribution in [0.15, 0.2) is 91.4 Å². The van der Waals surface area contributed by atoms with Crippen LogP contribution in [0.3, 0.4) is 0 Å². The summed E-state index contributed by atoms with van der Waals surface area (Å²) in [6.45, 7) is 8.00. The molecule has 0 fully saturated rings. The van der Waals surface area contributed by atoms with Gasteiger partial charge < -0.3 is 19.4 Å². The van der Waals surface area contributed by atoms with Crippen LogP contribution in [0.1, 0.15) is 50.3 Å². The summed E-state index contributed by atoms with van der Waals surface area (Å²) in [5.74, 6) is 2.59. The summed E-state index contributed by atoms with van der Waals surface area (Å²) in [5.41, 5.74) is 3.12. The van der Waals surface area contributed by atoms with Crippen LogP contribution in [0.2, 0.25) is 0 Å². The number of aromatic nitrogens is 2. The molecule has 228 valence electrons. The molecule has 0 spiro atoms. The van der Waals surface area contributed by atoms with E-state index in [9.17, 15) is 13.6 Å². The van der Waals surface area contributed by atoms with Crippen molar-refractivity contribution in [3.8, 4) is 23.1 Å². The van der Waals surface area contributed by atoms with Crippen molar-refractivity contribution in [2.45, 2.75) is 40.0 Å². The lowest BCUT2D eigenvalue weighted by Crippen LogP contribution is -2.24. The zero-order chi connectivity index (χ0) is 31.5. The molecule has 1 unspecified atom stereocenters. The van der Waals surface area contributed by atoms with Crippen LogP contribution >= 0.6 is 0 Å². The molecule has 0 aliphatic carbocycles. The molecular weight excluding hydrogens is 554 g/mol. The number of ether oxygens (including phenoxy) is 3. The first-order valence-electron chi connectivity index (χ1n) is 13.7. The zero-order valence-corrected chi connectivity index (χ0v) is 26.5. The minimum absolute atomic E-state index is 0.00409. The van der Waals surface area contributed by atoms with E-state index in [1.54, 1.807) is 14.2 Å². The minimum atomic E-state index is -2.91. The normalized spacial score (nSPS) is 10.8. The summed E-state index contributed by atoms with van der Waals surface area (Å²) in [7, 11) is 1.70. The maximum atomic E-state index is 11.5. The fourth-order valence-electron chi connectivity index (χ4n) is 3.58. The monoisotopic (exact) mass is 597 g/mol. The number of sulfonamides is 1. The van der Waals surface area contributed by atoms with Gasteiger partial charge in [-0.3, -0.25) is 0 Å². The van der Waals surface area contributed by atoms with Gasteiger partial charge in [-0.15, -0.1) is 0 Å². The topological polar surface area (TPSA) is 114 Å². The van der Waals surface area contributed by atoms with Crippen molar-refractivity contribution in [2.75, 3.05) is 27.5 Å². The van der Waals surface area contributed by atoms with Gasteiger partial charge in [0.25, 0.3) is 0 Å². The van der Waals surface area contributed by atoms with Gasteiger partial charge in [-0.1, -0.05) is 58.0 Å². The maximum absolute atomic E-state index is 11.5. The van der Waals surface area contributed by atoms with E-state index in [0.717, 1.165) is 33.4 Å². The Morgan fingerprint density at radius 3 is 1.93 bits per heavy atom. The van der Waals surface area contributed by atoms with Crippen molar-refractivity contribution in [1.82, 2.24) is 9.71 Å². The molecule has 42 heavy (non-hydrogen) atoms. The van der Waals surface area contributed by atoms with E-state index in [4.69, 9.17) is 14.2 Å². The number of benzene rings is 2. The Bertz CT molecular complexity index is 1400. The molecule has 4 rings (SSSR count). The predicted octanol–water partition coefficient (Wildman–Crippen LogP) is 6.12. The smallest absolute Gasteiger partial charge is 0.219 e. The molecule has 2 aromatic heterocycles. The van der Waals surface area contributed by atoms with E-state index >= 15 is 0 Å². The molecule has 0 aliphatic rings. The first-order chi connectivity index (χ1) is 20.2. The van der Waals surface area contributed by atoms with Gasteiger partial charge in [0, 0.05) is 30.3 Å². The van der Waals surface area contributed by atoms with Crippen LogP contribution in [0.4, 0.5) is 0 Å². The van der Waals surface area contributed by atoms with Gasteiger partial charge in [0.1, 0.15) is 5.75 Å². The first kappa shape index (κ1) is 35.9. The molecule has 0 saturated carbocycles. The standard InChI is InChI=1S/C26H24N2O4.C2H7NO2S.2C2H6/c1-30-24-10-8-20(17-25(24)31-2)23(16-19-12-14-28(29)15-13-19)21-9-11-26(27-18-21)32-22-6-4-3-5-7-22;1-3-6(2,4)5;2*1-2/h3-15,17-18,23H,16H2,1-2H3;3H,1-2H3;2*1-2H3. The second kappa shape index (κ2) is 19.1. The molecule has 1 atom stereocenters. The van der Waals surface area contributed by atoms with E-state index in [2.05, 4.69) is 9.71 Å². The lowest BCUT2D eigenvalue weighted by atomic mass is 9.87. The molecule has 4 aromatic rings. The number of hydrogen-bond donors (Lipinski definition) is 1. The van der Waals surface area contributed by atoms with E-state index < -0.39 is 10.0 Å². The third kappa shape index (κ3) is 12.2. The second-order valence-corrected chi connectivity index (χ2v) is 10.2. The Hall–Kier alpha value is -4.15. The predicted molar refractivity (Wildman–Crippen MR) is 168 cm³/mol. The first-order valence-corrected chi connectivity index (χ1v) is 15.6. The summed E-state index contributed by atoms with van der Waals surface area (Å²) in [4.78, 5) is 4.52. The van der Waals surface area contributed by atoms with Gasteiger partial charge in [0.2, 0.25) is 15.9 Å². The van der Waals surface area contributed by atoms with E-state index in [1.165, 1.54) is 19.4 Å². The highest BCUT2D eigenvalue weighted by atomic mass is 32.2. The Kier molecular flexibility index (Phi) is 16.3. The number of nitrogens with zero attached hydrogens (tertiary/aromatic N) is 2. The number of pyridine rings is 2. The Balaban J connectivity index is 0.000000775. The van der Waals surface area contributed by atoms with Gasteiger partial charge in [-0.25, -0.2) is 18.1 Å². The van der Waals surface area contributed by atoms with Crippen molar-refractivity contribution < 1.29 is 27.4 Å². The largest absolute Gasteiger partial charge is 0.619 e. The molecule has 2 aromatic carbocycles. The SMILES string of the molecule is CC.CC.CNS(C)(=O)=O.COc1ccc(C(Cc2cc[n+]([O-])cc2)c2ccc(Oc3ccccc3)nc2)cc1OC. The summed E-state index contributed by atoms with van der Waals surface area (Å²) in [6, 6.07) is 23.0. The molecule has 0 aliphatic heterocycles. The summed E-state index contributed by atoms with van der Waals surface area (Å²) >= 11 is 0. The Morgan fingerprint density at radius 2 is 1.43 bits per heavy atom. The number of methoxy groups -OCH3 is 2. The van der Waals surface area contributed by atoms with Crippen LogP contribution < -0.4 is 23.7 Å². The van der Waals surface area contributed by atoms with Crippen LogP contribution in [0, 0.1) is 5.21 Å². The molecular formula is C32H43N3O6S. The molecule has 9 nitrogen and oxygen atoms in total. The number of rotatable bonds is 9. The number of nitrogens with one attached hydrogen (secondary N) is 1. The summed E-state index contributed by atoms with van der Waals surface area (Å²) in [6.07, 6.45) is 6.65. The summed E-state index contributed by atoms with van der Waals surface area (Å²) in [5, 5.41) is 11.5. The van der Waals surface area contributed by atoms with Crippen LogP contribution in [0.25, 0.3) is 0 Å². The third-order valence-corrected chi connectivity index (χ3v) is 6.36. The second-order valence-electron chi connectivity index (χ2n) is 8.26. The Labute approximate surface area is 250 Å². The Morgan fingerprint density at radius 1 is 0.857 bits per heavy atom. The fraction of sp³-hybridized carbons (Fsp3) is 0.312. The van der Waals surface area contributed by atoms with E-state index in [1.807, 2.05) is 107 Å². The van der Waals surface area contributed by atoms with Crippen molar-refractivity contribution >= 4 is 10.0 Å². The highest BCUT2D eigenvalue weighted by Crippen LogP contribution is 2.35. The molecule has 0 amide bonds. The van der Waals surface area contributed by atoms with E-state index in [0.29, 0.717) is 23.8 Å². The van der Waals surface area contributed by atoms with Crippen LogP contribution in [-0.4, -0.2) is 40.9 Å². The minimum Gasteiger partial charge on any atom is -0.619 e. The van der Waals surface area contributed by atoms with Gasteiger partial charge >= 0.3 is 0 Å². The lowest BCUT2D eigenvalue weighted by Gasteiger charge is -2.20. The van der Waals surface area contributed by atoms with Gasteiger partial charge in [-0.05, 0) is 54.4 Å². The quantitative estimate of drug-likeness (QED) is 0.183. The highest BCUT2D eigenvalue weighted by molar-refractivity contribution is 7.88. The van der Waals surface area contributed by atoms with Gasteiger partial charge in [-0.2, -0.15) is 4.73 Å². The average molecular weight is 598 g/mol. The molecule has 1 N–H and O–H groups in total. The summed E-state index contributed by atoms with van der Waals surface area (Å²) < 4.78 is 39.4. The van der Waals surface area contributed by atoms with Gasteiger partial charge in [0.05, 0.1) is 20.5 Å². The van der Waals surface area contributed by atoms with Crippen molar-refractivity contribution in [3.05, 3.63) is 113 Å². The lowest BCUT2D eigenvalue weighted by molar-refractivity contribution is -0.605.